The highest BCUT2D eigenvalue weighted by atomic mass is 32.1. The van der Waals surface area contributed by atoms with E-state index in [1.807, 2.05) is 24.3 Å². The van der Waals surface area contributed by atoms with E-state index >= 15 is 0 Å². The van der Waals surface area contributed by atoms with E-state index < -0.39 is 0 Å². The number of benzene rings is 2. The largest absolute Gasteiger partial charge is 0.379 e. The summed E-state index contributed by atoms with van der Waals surface area (Å²) in [6, 6.07) is 14.1. The van der Waals surface area contributed by atoms with Crippen LogP contribution in [0.4, 0.5) is 4.39 Å². The van der Waals surface area contributed by atoms with Crippen molar-refractivity contribution < 1.29 is 9.13 Å². The minimum atomic E-state index is -0.369. The number of fused-ring (bicyclic) bond motifs is 5. The highest BCUT2D eigenvalue weighted by molar-refractivity contribution is 7.20. The molecule has 0 fully saturated rings. The Bertz CT molecular complexity index is 1110. The number of hydrogen-bond acceptors (Lipinski definition) is 3. The van der Waals surface area contributed by atoms with E-state index in [1.165, 1.54) is 6.07 Å². The Labute approximate surface area is 135 Å². The highest BCUT2D eigenvalue weighted by Gasteiger charge is 2.14. The number of ether oxygens (including phenoxy) is 1. The van der Waals surface area contributed by atoms with Gasteiger partial charge in [-0.05, 0) is 12.1 Å². The standard InChI is InChI=1S/C19H13FO2S/c1-22-10-11-9-15-17-14(7-4-8-16(17)20)18(21)12-5-2-3-6-13(12)19(15)23-11/h2-9H,10H2,1H3. The van der Waals surface area contributed by atoms with E-state index in [-0.39, 0.29) is 11.2 Å². The lowest BCUT2D eigenvalue weighted by Crippen LogP contribution is -1.98. The second-order valence-electron chi connectivity index (χ2n) is 5.43. The molecule has 3 aromatic carbocycles. The van der Waals surface area contributed by atoms with Crippen LogP contribution in [0.5, 0.6) is 0 Å². The summed E-state index contributed by atoms with van der Waals surface area (Å²) >= 11 is 1.55. The lowest BCUT2D eigenvalue weighted by Gasteiger charge is -1.95. The molecule has 0 amide bonds. The molecule has 0 spiro atoms. The normalized spacial score (nSPS) is 11.6. The van der Waals surface area contributed by atoms with E-state index in [2.05, 4.69) is 0 Å². The monoisotopic (exact) mass is 324 g/mol. The Kier molecular flexibility index (Phi) is 3.36. The van der Waals surface area contributed by atoms with Crippen molar-refractivity contribution in [3.8, 4) is 0 Å². The van der Waals surface area contributed by atoms with Gasteiger partial charge in [0.2, 0.25) is 0 Å². The molecule has 4 aromatic rings. The third kappa shape index (κ3) is 2.14. The smallest absolute Gasteiger partial charge is 0.194 e. The van der Waals surface area contributed by atoms with Gasteiger partial charge in [-0.1, -0.05) is 36.4 Å². The van der Waals surface area contributed by atoms with Crippen molar-refractivity contribution in [2.75, 3.05) is 7.11 Å². The summed E-state index contributed by atoms with van der Waals surface area (Å²) in [5, 5.41) is 3.05. The Morgan fingerprint density at radius 1 is 1.00 bits per heavy atom. The summed E-state index contributed by atoms with van der Waals surface area (Å²) < 4.78 is 20.7. The molecule has 0 saturated heterocycles. The second-order valence-corrected chi connectivity index (χ2v) is 6.56. The van der Waals surface area contributed by atoms with E-state index in [9.17, 15) is 9.18 Å². The molecule has 0 aliphatic rings. The van der Waals surface area contributed by atoms with Gasteiger partial charge in [-0.25, -0.2) is 4.39 Å². The Balaban J connectivity index is 2.38. The Morgan fingerprint density at radius 2 is 1.74 bits per heavy atom. The molecular formula is C19H13FO2S. The quantitative estimate of drug-likeness (QED) is 0.527. The molecule has 0 N–H and O–H groups in total. The fraction of sp³-hybridized carbons (Fsp3) is 0.105. The van der Waals surface area contributed by atoms with Crippen molar-refractivity contribution >= 4 is 43.0 Å². The van der Waals surface area contributed by atoms with Crippen molar-refractivity contribution in [3.05, 3.63) is 69.4 Å². The number of halogens is 1. The number of hydrogen-bond donors (Lipinski definition) is 0. The number of methoxy groups -OCH3 is 1. The first-order chi connectivity index (χ1) is 11.2. The van der Waals surface area contributed by atoms with Crippen LogP contribution in [0.3, 0.4) is 0 Å². The lowest BCUT2D eigenvalue weighted by atomic mass is 10.1. The zero-order valence-corrected chi connectivity index (χ0v) is 13.2. The molecule has 0 bridgehead atoms. The van der Waals surface area contributed by atoms with Crippen LogP contribution >= 0.6 is 11.3 Å². The van der Waals surface area contributed by atoms with Crippen molar-refractivity contribution in [1.29, 1.82) is 0 Å². The summed E-state index contributed by atoms with van der Waals surface area (Å²) in [5.74, 6) is -0.369. The van der Waals surface area contributed by atoms with E-state index in [1.54, 1.807) is 36.6 Å². The summed E-state index contributed by atoms with van der Waals surface area (Å²) in [5.41, 5.74) is -0.133. The van der Waals surface area contributed by atoms with Crippen molar-refractivity contribution in [2.24, 2.45) is 0 Å². The Morgan fingerprint density at radius 3 is 2.52 bits per heavy atom. The molecule has 2 nitrogen and oxygen atoms in total. The van der Waals surface area contributed by atoms with Crippen molar-refractivity contribution in [1.82, 2.24) is 0 Å². The van der Waals surface area contributed by atoms with Crippen LogP contribution in [0.25, 0.3) is 31.6 Å². The highest BCUT2D eigenvalue weighted by Crippen LogP contribution is 2.35. The summed E-state index contributed by atoms with van der Waals surface area (Å²) in [6.07, 6.45) is 0. The molecule has 0 unspecified atom stereocenters. The Hall–Kier alpha value is -2.30. The van der Waals surface area contributed by atoms with Gasteiger partial charge in [-0.2, -0.15) is 0 Å². The fourth-order valence-electron chi connectivity index (χ4n) is 3.05. The van der Waals surface area contributed by atoms with Gasteiger partial charge in [0.25, 0.3) is 0 Å². The molecule has 4 rings (SSSR count). The SMILES string of the molecule is COCc1cc2c(s1)c1ccccc1c(=O)c1cccc(F)c12. The summed E-state index contributed by atoms with van der Waals surface area (Å²) in [6.45, 7) is 0.470. The van der Waals surface area contributed by atoms with Gasteiger partial charge < -0.3 is 4.74 Å². The van der Waals surface area contributed by atoms with E-state index in [0.717, 1.165) is 20.3 Å². The molecule has 0 radical (unpaired) electrons. The molecule has 1 heterocycles. The number of thiophene rings is 1. The summed E-state index contributed by atoms with van der Waals surface area (Å²) in [7, 11) is 1.64. The second kappa shape index (κ2) is 5.41. The van der Waals surface area contributed by atoms with E-state index in [0.29, 0.717) is 22.8 Å². The molecular weight excluding hydrogens is 311 g/mol. The van der Waals surface area contributed by atoms with Crippen LogP contribution in [0.2, 0.25) is 0 Å². The molecule has 4 heteroatoms. The van der Waals surface area contributed by atoms with Gasteiger partial charge in [0.15, 0.2) is 5.43 Å². The van der Waals surface area contributed by atoms with Gasteiger partial charge >= 0.3 is 0 Å². The fourth-order valence-corrected chi connectivity index (χ4v) is 4.23. The predicted molar refractivity (Wildman–Crippen MR) is 93.8 cm³/mol. The van der Waals surface area contributed by atoms with E-state index in [4.69, 9.17) is 4.74 Å². The summed E-state index contributed by atoms with van der Waals surface area (Å²) in [4.78, 5) is 13.9. The van der Waals surface area contributed by atoms with Crippen molar-refractivity contribution in [2.45, 2.75) is 6.61 Å². The zero-order chi connectivity index (χ0) is 16.0. The predicted octanol–water partition coefficient (Wildman–Crippen LogP) is 4.85. The number of rotatable bonds is 2. The molecule has 0 aliphatic heterocycles. The molecule has 0 aliphatic carbocycles. The van der Waals surface area contributed by atoms with Gasteiger partial charge in [0, 0.05) is 43.6 Å². The minimum Gasteiger partial charge on any atom is -0.379 e. The first-order valence-electron chi connectivity index (χ1n) is 7.25. The van der Waals surface area contributed by atoms with Crippen LogP contribution in [0.1, 0.15) is 4.88 Å². The minimum absolute atomic E-state index is 0.133. The zero-order valence-electron chi connectivity index (χ0n) is 12.4. The maximum atomic E-state index is 14.5. The third-order valence-corrected chi connectivity index (χ3v) is 5.16. The molecule has 114 valence electrons. The van der Waals surface area contributed by atoms with Crippen LogP contribution < -0.4 is 5.43 Å². The van der Waals surface area contributed by atoms with Crippen LogP contribution in [-0.2, 0) is 11.3 Å². The third-order valence-electron chi connectivity index (χ3n) is 4.01. The van der Waals surface area contributed by atoms with Crippen LogP contribution in [-0.4, -0.2) is 7.11 Å². The van der Waals surface area contributed by atoms with Crippen LogP contribution in [0.15, 0.2) is 53.3 Å². The van der Waals surface area contributed by atoms with Gasteiger partial charge in [-0.15, -0.1) is 11.3 Å². The molecule has 0 saturated carbocycles. The lowest BCUT2D eigenvalue weighted by molar-refractivity contribution is 0.187. The topological polar surface area (TPSA) is 26.3 Å². The maximum Gasteiger partial charge on any atom is 0.194 e. The molecule has 1 aromatic heterocycles. The van der Waals surface area contributed by atoms with Crippen LogP contribution in [0, 0.1) is 5.82 Å². The van der Waals surface area contributed by atoms with Gasteiger partial charge in [-0.3, -0.25) is 4.79 Å². The molecule has 23 heavy (non-hydrogen) atoms. The average Bonchev–Trinajstić information content (AvgIpc) is 2.94. The van der Waals surface area contributed by atoms with Crippen molar-refractivity contribution in [3.63, 3.8) is 0 Å². The molecule has 0 atom stereocenters. The van der Waals surface area contributed by atoms with Gasteiger partial charge in [0.1, 0.15) is 5.82 Å². The first-order valence-corrected chi connectivity index (χ1v) is 8.07. The average molecular weight is 324 g/mol. The van der Waals surface area contributed by atoms with Gasteiger partial charge in [0.05, 0.1) is 6.61 Å². The first kappa shape index (κ1) is 14.3. The maximum absolute atomic E-state index is 14.5.